The van der Waals surface area contributed by atoms with Crippen molar-refractivity contribution in [2.75, 3.05) is 0 Å². The van der Waals surface area contributed by atoms with E-state index < -0.39 is 0 Å². The van der Waals surface area contributed by atoms with Crippen molar-refractivity contribution in [1.82, 2.24) is 0 Å². The molecule has 82 valence electrons. The number of halogens is 2. The van der Waals surface area contributed by atoms with E-state index in [0.29, 0.717) is 17.5 Å². The van der Waals surface area contributed by atoms with Crippen molar-refractivity contribution in [1.29, 1.82) is 0 Å². The lowest BCUT2D eigenvalue weighted by Gasteiger charge is -2.28. The van der Waals surface area contributed by atoms with Gasteiger partial charge < -0.3 is 0 Å². The van der Waals surface area contributed by atoms with Crippen LogP contribution in [-0.4, -0.2) is 0 Å². The Balaban J connectivity index is 2.55. The molecule has 1 aliphatic rings. The Morgan fingerprint density at radius 2 is 1.73 bits per heavy atom. The van der Waals surface area contributed by atoms with Gasteiger partial charge in [-0.3, -0.25) is 0 Å². The zero-order chi connectivity index (χ0) is 11.2. The molecule has 0 nitrogen and oxygen atoms in total. The van der Waals surface area contributed by atoms with Gasteiger partial charge in [0.25, 0.3) is 0 Å². The van der Waals surface area contributed by atoms with Crippen molar-refractivity contribution in [3.8, 4) is 0 Å². The smallest absolute Gasteiger partial charge is 0.127 e. The van der Waals surface area contributed by atoms with E-state index in [2.05, 4.69) is 20.8 Å². The fourth-order valence-electron chi connectivity index (χ4n) is 2.54. The van der Waals surface area contributed by atoms with Gasteiger partial charge in [-0.15, -0.1) is 0 Å². The van der Waals surface area contributed by atoms with Crippen LogP contribution in [0.2, 0.25) is 0 Å². The molecule has 0 aliphatic heterocycles. The summed E-state index contributed by atoms with van der Waals surface area (Å²) in [7, 11) is 0. The van der Waals surface area contributed by atoms with Gasteiger partial charge in [0.05, 0.1) is 0 Å². The molecule has 0 saturated carbocycles. The van der Waals surface area contributed by atoms with E-state index in [9.17, 15) is 8.78 Å². The summed E-state index contributed by atoms with van der Waals surface area (Å²) in [5.74, 6) is -0.356. The summed E-state index contributed by atoms with van der Waals surface area (Å²) in [6.45, 7) is 6.24. The van der Waals surface area contributed by atoms with Crippen LogP contribution in [0.4, 0.5) is 8.78 Å². The number of fused-ring (bicyclic) bond motifs is 1. The molecule has 0 aromatic heterocycles. The Morgan fingerprint density at radius 3 is 2.33 bits per heavy atom. The quantitative estimate of drug-likeness (QED) is 0.606. The summed E-state index contributed by atoms with van der Waals surface area (Å²) in [4.78, 5) is 0. The topological polar surface area (TPSA) is 0 Å². The lowest BCUT2D eigenvalue weighted by Crippen LogP contribution is -2.17. The van der Waals surface area contributed by atoms with Crippen LogP contribution in [0.5, 0.6) is 0 Å². The fourth-order valence-corrected chi connectivity index (χ4v) is 2.54. The van der Waals surface area contributed by atoms with Gasteiger partial charge in [-0.1, -0.05) is 20.8 Å². The lowest BCUT2D eigenvalue weighted by molar-refractivity contribution is 0.312. The SMILES string of the molecule is CC(C)(C)C1CCc2c(F)ccc(F)c21. The standard InChI is InChI=1S/C13H16F2/c1-13(2,3)9-5-4-8-10(14)6-7-11(15)12(8)9/h6-7,9H,4-5H2,1-3H3. The van der Waals surface area contributed by atoms with Crippen LogP contribution >= 0.6 is 0 Å². The normalized spacial score (nSPS) is 20.5. The van der Waals surface area contributed by atoms with Gasteiger partial charge in [-0.2, -0.15) is 0 Å². The largest absolute Gasteiger partial charge is 0.207 e. The maximum absolute atomic E-state index is 13.7. The van der Waals surface area contributed by atoms with Gasteiger partial charge >= 0.3 is 0 Å². The molecule has 1 atom stereocenters. The van der Waals surface area contributed by atoms with E-state index in [-0.39, 0.29) is 23.0 Å². The lowest BCUT2D eigenvalue weighted by atomic mass is 9.77. The van der Waals surface area contributed by atoms with Crippen molar-refractivity contribution in [3.05, 3.63) is 34.9 Å². The van der Waals surface area contributed by atoms with Crippen LogP contribution in [0.15, 0.2) is 12.1 Å². The molecule has 0 bridgehead atoms. The second-order valence-electron chi connectivity index (χ2n) is 5.38. The molecule has 0 heterocycles. The van der Waals surface area contributed by atoms with Crippen molar-refractivity contribution in [2.24, 2.45) is 5.41 Å². The molecule has 1 unspecified atom stereocenters. The van der Waals surface area contributed by atoms with E-state index in [1.807, 2.05) is 0 Å². The Morgan fingerprint density at radius 1 is 1.13 bits per heavy atom. The Bertz CT molecular complexity index is 388. The monoisotopic (exact) mass is 210 g/mol. The highest BCUT2D eigenvalue weighted by molar-refractivity contribution is 5.38. The Hall–Kier alpha value is -0.920. The first-order valence-corrected chi connectivity index (χ1v) is 5.38. The van der Waals surface area contributed by atoms with Crippen LogP contribution in [0.25, 0.3) is 0 Å². The van der Waals surface area contributed by atoms with Gasteiger partial charge in [0.15, 0.2) is 0 Å². The van der Waals surface area contributed by atoms with Crippen molar-refractivity contribution in [3.63, 3.8) is 0 Å². The maximum Gasteiger partial charge on any atom is 0.127 e. The number of hydrogen-bond donors (Lipinski definition) is 0. The van der Waals surface area contributed by atoms with Crippen molar-refractivity contribution in [2.45, 2.75) is 39.5 Å². The predicted octanol–water partition coefficient (Wildman–Crippen LogP) is 4.04. The number of benzene rings is 1. The number of hydrogen-bond acceptors (Lipinski definition) is 0. The minimum Gasteiger partial charge on any atom is -0.207 e. The third-order valence-electron chi connectivity index (χ3n) is 3.32. The van der Waals surface area contributed by atoms with E-state index >= 15 is 0 Å². The van der Waals surface area contributed by atoms with Gasteiger partial charge in [0, 0.05) is 0 Å². The number of rotatable bonds is 0. The van der Waals surface area contributed by atoms with Crippen LogP contribution in [0.1, 0.15) is 44.2 Å². The summed E-state index contributed by atoms with van der Waals surface area (Å²) in [5, 5.41) is 0. The zero-order valence-electron chi connectivity index (χ0n) is 9.40. The molecule has 0 fully saturated rings. The third kappa shape index (κ3) is 1.66. The van der Waals surface area contributed by atoms with E-state index in [0.717, 1.165) is 6.42 Å². The predicted molar refractivity (Wildman–Crippen MR) is 56.9 cm³/mol. The second kappa shape index (κ2) is 3.29. The summed E-state index contributed by atoms with van der Waals surface area (Å²) >= 11 is 0. The second-order valence-corrected chi connectivity index (χ2v) is 5.38. The molecule has 0 radical (unpaired) electrons. The fraction of sp³-hybridized carbons (Fsp3) is 0.538. The molecule has 0 spiro atoms. The van der Waals surface area contributed by atoms with Gasteiger partial charge in [0.1, 0.15) is 11.6 Å². The minimum atomic E-state index is -0.252. The van der Waals surface area contributed by atoms with Gasteiger partial charge in [0.2, 0.25) is 0 Å². The van der Waals surface area contributed by atoms with E-state index in [4.69, 9.17) is 0 Å². The average Bonchev–Trinajstić information content (AvgIpc) is 2.55. The van der Waals surface area contributed by atoms with Gasteiger partial charge in [-0.25, -0.2) is 8.78 Å². The van der Waals surface area contributed by atoms with Crippen LogP contribution in [0, 0.1) is 17.0 Å². The van der Waals surface area contributed by atoms with Crippen molar-refractivity contribution < 1.29 is 8.78 Å². The first kappa shape index (κ1) is 10.6. The van der Waals surface area contributed by atoms with E-state index in [1.165, 1.54) is 12.1 Å². The molecule has 2 heteroatoms. The molecule has 1 aliphatic carbocycles. The molecule has 0 saturated heterocycles. The van der Waals surface area contributed by atoms with Crippen molar-refractivity contribution >= 4 is 0 Å². The highest BCUT2D eigenvalue weighted by Crippen LogP contribution is 2.46. The summed E-state index contributed by atoms with van der Waals surface area (Å²) in [6, 6.07) is 2.48. The first-order chi connectivity index (χ1) is 6.91. The maximum atomic E-state index is 13.7. The Kier molecular flexibility index (Phi) is 2.32. The minimum absolute atomic E-state index is 0.000116. The average molecular weight is 210 g/mol. The summed E-state index contributed by atoms with van der Waals surface area (Å²) < 4.78 is 27.2. The zero-order valence-corrected chi connectivity index (χ0v) is 9.40. The van der Waals surface area contributed by atoms with Crippen LogP contribution in [-0.2, 0) is 6.42 Å². The molecule has 15 heavy (non-hydrogen) atoms. The summed E-state index contributed by atoms with van der Waals surface area (Å²) in [5.41, 5.74) is 1.21. The Labute approximate surface area is 89.3 Å². The molecule has 0 N–H and O–H groups in total. The molecule has 1 aromatic carbocycles. The van der Waals surface area contributed by atoms with Crippen LogP contribution < -0.4 is 0 Å². The first-order valence-electron chi connectivity index (χ1n) is 5.38. The van der Waals surface area contributed by atoms with Crippen LogP contribution in [0.3, 0.4) is 0 Å². The van der Waals surface area contributed by atoms with E-state index in [1.54, 1.807) is 0 Å². The highest BCUT2D eigenvalue weighted by Gasteiger charge is 2.35. The third-order valence-corrected chi connectivity index (χ3v) is 3.32. The molecule has 1 aromatic rings. The molecular weight excluding hydrogens is 194 g/mol. The highest BCUT2D eigenvalue weighted by atomic mass is 19.1. The molecule has 0 amide bonds. The van der Waals surface area contributed by atoms with Gasteiger partial charge in [-0.05, 0) is 47.4 Å². The molecule has 2 rings (SSSR count). The summed E-state index contributed by atoms with van der Waals surface area (Å²) in [6.07, 6.45) is 1.53. The molecular formula is C13H16F2.